The molecule has 1 N–H and O–H groups in total. The molecular weight excluding hydrogens is 264 g/mol. The van der Waals surface area contributed by atoms with Crippen molar-refractivity contribution in [3.05, 3.63) is 0 Å². The molecule has 0 spiro atoms. The van der Waals surface area contributed by atoms with Crippen molar-refractivity contribution < 1.29 is 4.74 Å². The van der Waals surface area contributed by atoms with Crippen molar-refractivity contribution in [2.45, 2.75) is 26.2 Å². The number of hydrogen-bond acceptors (Lipinski definition) is 3. The van der Waals surface area contributed by atoms with Crippen molar-refractivity contribution in [2.75, 3.05) is 60.0 Å². The van der Waals surface area contributed by atoms with Crippen molar-refractivity contribution in [1.82, 2.24) is 15.1 Å². The van der Waals surface area contributed by atoms with Gasteiger partial charge in [0.2, 0.25) is 0 Å². The lowest BCUT2D eigenvalue weighted by molar-refractivity contribution is 0.114. The van der Waals surface area contributed by atoms with Gasteiger partial charge in [0.25, 0.3) is 0 Å². The average molecular weight is 296 g/mol. The van der Waals surface area contributed by atoms with E-state index in [4.69, 9.17) is 4.74 Å². The Morgan fingerprint density at radius 3 is 2.81 bits per heavy atom. The van der Waals surface area contributed by atoms with Gasteiger partial charge in [-0.2, -0.15) is 0 Å². The minimum absolute atomic E-state index is 0.657. The minimum atomic E-state index is 0.657. The minimum Gasteiger partial charge on any atom is -0.381 e. The molecule has 2 atom stereocenters. The van der Waals surface area contributed by atoms with Crippen LogP contribution in [0.1, 0.15) is 26.2 Å². The van der Waals surface area contributed by atoms with Gasteiger partial charge in [-0.1, -0.05) is 0 Å². The van der Waals surface area contributed by atoms with Crippen molar-refractivity contribution in [3.63, 3.8) is 0 Å². The van der Waals surface area contributed by atoms with Crippen molar-refractivity contribution >= 4 is 5.96 Å². The second-order valence-corrected chi connectivity index (χ2v) is 6.46. The van der Waals surface area contributed by atoms with Gasteiger partial charge in [-0.25, -0.2) is 0 Å². The third-order valence-electron chi connectivity index (χ3n) is 4.63. The quantitative estimate of drug-likeness (QED) is 0.612. The smallest absolute Gasteiger partial charge is 0.193 e. The first-order chi connectivity index (χ1) is 10.2. The summed E-state index contributed by atoms with van der Waals surface area (Å²) in [5, 5.41) is 3.59. The maximum Gasteiger partial charge on any atom is 0.193 e. The van der Waals surface area contributed by atoms with Crippen LogP contribution in [0.3, 0.4) is 0 Å². The van der Waals surface area contributed by atoms with Crippen molar-refractivity contribution in [3.8, 4) is 0 Å². The largest absolute Gasteiger partial charge is 0.381 e. The van der Waals surface area contributed by atoms with Gasteiger partial charge >= 0.3 is 0 Å². The van der Waals surface area contributed by atoms with Crippen LogP contribution in [-0.4, -0.2) is 75.8 Å². The second-order valence-electron chi connectivity index (χ2n) is 6.46. The lowest BCUT2D eigenvalue weighted by Crippen LogP contribution is -2.45. The average Bonchev–Trinajstić information content (AvgIpc) is 2.95. The molecule has 0 saturated carbocycles. The van der Waals surface area contributed by atoms with E-state index in [9.17, 15) is 0 Å². The predicted octanol–water partition coefficient (Wildman–Crippen LogP) is 1.26. The molecule has 2 fully saturated rings. The van der Waals surface area contributed by atoms with Crippen LogP contribution in [0.5, 0.6) is 0 Å². The highest BCUT2D eigenvalue weighted by molar-refractivity contribution is 5.80. The molecule has 0 aromatic heterocycles. The zero-order chi connectivity index (χ0) is 15.1. The number of guanidine groups is 1. The molecule has 2 aliphatic heterocycles. The van der Waals surface area contributed by atoms with E-state index in [1.54, 1.807) is 0 Å². The zero-order valence-electron chi connectivity index (χ0n) is 14.0. The van der Waals surface area contributed by atoms with E-state index in [2.05, 4.69) is 34.1 Å². The van der Waals surface area contributed by atoms with Crippen LogP contribution in [0.2, 0.25) is 0 Å². The van der Waals surface area contributed by atoms with E-state index in [-0.39, 0.29) is 0 Å². The fraction of sp³-hybridized carbons (Fsp3) is 0.938. The Morgan fingerprint density at radius 2 is 2.10 bits per heavy atom. The number of nitrogens with one attached hydrogen (secondary N) is 1. The fourth-order valence-electron chi connectivity index (χ4n) is 3.45. The highest BCUT2D eigenvalue weighted by Crippen LogP contribution is 2.17. The van der Waals surface area contributed by atoms with E-state index in [0.29, 0.717) is 5.92 Å². The normalized spacial score (nSPS) is 28.1. The second kappa shape index (κ2) is 8.59. The third kappa shape index (κ3) is 5.15. The Balaban J connectivity index is 1.73. The molecule has 2 unspecified atom stereocenters. The summed E-state index contributed by atoms with van der Waals surface area (Å²) in [5.74, 6) is 2.48. The number of nitrogens with zero attached hydrogens (tertiary/aromatic N) is 3. The van der Waals surface area contributed by atoms with Crippen LogP contribution in [-0.2, 0) is 4.74 Å². The molecule has 0 aliphatic carbocycles. The zero-order valence-corrected chi connectivity index (χ0v) is 14.0. The Hall–Kier alpha value is -0.810. The SMILES string of the molecule is CCOCC1CCN(C(=NC)NCC2CCCN(C)C2)C1. The predicted molar refractivity (Wildman–Crippen MR) is 87.8 cm³/mol. The molecule has 0 amide bonds. The van der Waals surface area contributed by atoms with Gasteiger partial charge in [0.15, 0.2) is 5.96 Å². The van der Waals surface area contributed by atoms with Gasteiger partial charge in [-0.3, -0.25) is 4.99 Å². The fourth-order valence-corrected chi connectivity index (χ4v) is 3.45. The van der Waals surface area contributed by atoms with E-state index in [0.717, 1.165) is 44.7 Å². The molecule has 0 radical (unpaired) electrons. The van der Waals surface area contributed by atoms with E-state index >= 15 is 0 Å². The molecule has 2 aliphatic rings. The topological polar surface area (TPSA) is 40.1 Å². The first-order valence-corrected chi connectivity index (χ1v) is 8.44. The number of piperidine rings is 1. The van der Waals surface area contributed by atoms with Gasteiger partial charge in [0.1, 0.15) is 0 Å². The third-order valence-corrected chi connectivity index (χ3v) is 4.63. The maximum atomic E-state index is 5.55. The van der Waals surface area contributed by atoms with E-state index in [1.807, 2.05) is 7.05 Å². The van der Waals surface area contributed by atoms with Gasteiger partial charge in [-0.05, 0) is 45.7 Å². The number of rotatable bonds is 5. The van der Waals surface area contributed by atoms with E-state index in [1.165, 1.54) is 32.4 Å². The first-order valence-electron chi connectivity index (χ1n) is 8.44. The van der Waals surface area contributed by atoms with Crippen LogP contribution >= 0.6 is 0 Å². The monoisotopic (exact) mass is 296 g/mol. The summed E-state index contributed by atoms with van der Waals surface area (Å²) in [6, 6.07) is 0. The molecule has 2 rings (SSSR count). The molecule has 2 saturated heterocycles. The molecule has 122 valence electrons. The summed E-state index contributed by atoms with van der Waals surface area (Å²) in [6.45, 7) is 9.44. The molecule has 0 aromatic rings. The van der Waals surface area contributed by atoms with Gasteiger partial charge in [0, 0.05) is 45.8 Å². The number of hydrogen-bond donors (Lipinski definition) is 1. The molecular formula is C16H32N4O. The summed E-state index contributed by atoms with van der Waals surface area (Å²) < 4.78 is 5.55. The lowest BCUT2D eigenvalue weighted by atomic mass is 9.99. The van der Waals surface area contributed by atoms with Crippen molar-refractivity contribution in [2.24, 2.45) is 16.8 Å². The Labute approximate surface area is 129 Å². The maximum absolute atomic E-state index is 5.55. The van der Waals surface area contributed by atoms with Crippen LogP contribution < -0.4 is 5.32 Å². The summed E-state index contributed by atoms with van der Waals surface area (Å²) >= 11 is 0. The molecule has 5 nitrogen and oxygen atoms in total. The van der Waals surface area contributed by atoms with Crippen LogP contribution in [0.4, 0.5) is 0 Å². The number of likely N-dealkylation sites (tertiary alicyclic amines) is 2. The Kier molecular flexibility index (Phi) is 6.77. The number of ether oxygens (including phenoxy) is 1. The summed E-state index contributed by atoms with van der Waals surface area (Å²) in [6.07, 6.45) is 3.87. The highest BCUT2D eigenvalue weighted by atomic mass is 16.5. The summed E-state index contributed by atoms with van der Waals surface area (Å²) in [7, 11) is 4.12. The Bertz CT molecular complexity index is 334. The summed E-state index contributed by atoms with van der Waals surface area (Å²) in [5.41, 5.74) is 0. The molecule has 0 aromatic carbocycles. The van der Waals surface area contributed by atoms with Gasteiger partial charge in [-0.15, -0.1) is 0 Å². The van der Waals surface area contributed by atoms with E-state index < -0.39 is 0 Å². The molecule has 2 heterocycles. The lowest BCUT2D eigenvalue weighted by Gasteiger charge is -2.31. The Morgan fingerprint density at radius 1 is 1.24 bits per heavy atom. The van der Waals surface area contributed by atoms with Gasteiger partial charge in [0.05, 0.1) is 6.61 Å². The summed E-state index contributed by atoms with van der Waals surface area (Å²) in [4.78, 5) is 9.29. The van der Waals surface area contributed by atoms with Crippen LogP contribution in [0.25, 0.3) is 0 Å². The van der Waals surface area contributed by atoms with Gasteiger partial charge < -0.3 is 19.9 Å². The van der Waals surface area contributed by atoms with Crippen molar-refractivity contribution in [1.29, 1.82) is 0 Å². The highest BCUT2D eigenvalue weighted by Gasteiger charge is 2.25. The number of aliphatic imine (C=N–C) groups is 1. The molecule has 0 bridgehead atoms. The van der Waals surface area contributed by atoms with Crippen LogP contribution in [0, 0.1) is 11.8 Å². The first kappa shape index (κ1) is 16.6. The molecule has 5 heteroatoms. The molecule has 21 heavy (non-hydrogen) atoms. The standard InChI is InChI=1S/C16H32N4O/c1-4-21-13-15-7-9-20(12-15)16(17-2)18-10-14-6-5-8-19(3)11-14/h14-15H,4-13H2,1-3H3,(H,17,18). The van der Waals surface area contributed by atoms with Crippen LogP contribution in [0.15, 0.2) is 4.99 Å².